The van der Waals surface area contributed by atoms with Gasteiger partial charge in [0.2, 0.25) is 0 Å². The van der Waals surface area contributed by atoms with Gasteiger partial charge in [-0.05, 0) is 29.7 Å². The van der Waals surface area contributed by atoms with Gasteiger partial charge >= 0.3 is 0 Å². The van der Waals surface area contributed by atoms with E-state index in [4.69, 9.17) is 5.73 Å². The van der Waals surface area contributed by atoms with Crippen molar-refractivity contribution in [3.63, 3.8) is 0 Å². The lowest BCUT2D eigenvalue weighted by Gasteiger charge is -2.47. The van der Waals surface area contributed by atoms with Gasteiger partial charge in [-0.3, -0.25) is 9.78 Å². The number of fused-ring (bicyclic) bond motifs is 1. The molecule has 3 atom stereocenters. The average Bonchev–Trinajstić information content (AvgIpc) is 2.80. The fourth-order valence-corrected chi connectivity index (χ4v) is 5.06. The highest BCUT2D eigenvalue weighted by Gasteiger charge is 2.34. The van der Waals surface area contributed by atoms with Crippen molar-refractivity contribution in [3.05, 3.63) is 54.5 Å². The topological polar surface area (TPSA) is 108 Å². The van der Waals surface area contributed by atoms with Crippen molar-refractivity contribution >= 4 is 33.9 Å². The first-order valence-electron chi connectivity index (χ1n) is 11.8. The molecule has 0 saturated carbocycles. The van der Waals surface area contributed by atoms with Crippen molar-refractivity contribution in [2.24, 2.45) is 17.1 Å². The summed E-state index contributed by atoms with van der Waals surface area (Å²) in [4.78, 5) is 26.4. The zero-order chi connectivity index (χ0) is 24.0. The first kappa shape index (κ1) is 22.6. The summed E-state index contributed by atoms with van der Waals surface area (Å²) in [5.74, 6) is -0.269. The van der Waals surface area contributed by atoms with Crippen molar-refractivity contribution in [2.45, 2.75) is 32.9 Å². The molecule has 0 bridgehead atoms. The van der Waals surface area contributed by atoms with Gasteiger partial charge < -0.3 is 26.0 Å². The Morgan fingerprint density at radius 3 is 2.65 bits per heavy atom. The first-order chi connectivity index (χ1) is 16.2. The largest absolute Gasteiger partial charge is 0.391 e. The highest BCUT2D eigenvalue weighted by atomic mass is 16.3. The standard InChI is InChI=1S/C26H32N6O2/c1-16-12-31(13-19(27)24(16)33)23-8-9-28-11-22(23)30-25(34)20-7-5-17-4-6-18(10-21(17)29-20)32-14-26(2,3)15-32/h4-11,16,19,24,33H,12-15,27H2,1-3H3,(H,30,34). The van der Waals surface area contributed by atoms with Crippen LogP contribution in [0.25, 0.3) is 10.9 Å². The fraction of sp³-hybridized carbons (Fsp3) is 0.423. The van der Waals surface area contributed by atoms with Gasteiger partial charge in [-0.25, -0.2) is 4.98 Å². The van der Waals surface area contributed by atoms with Gasteiger partial charge in [-0.2, -0.15) is 0 Å². The van der Waals surface area contributed by atoms with Gasteiger partial charge in [0.1, 0.15) is 5.69 Å². The lowest BCUT2D eigenvalue weighted by molar-refractivity contribution is 0.0785. The summed E-state index contributed by atoms with van der Waals surface area (Å²) in [6.07, 6.45) is 2.79. The molecule has 2 saturated heterocycles. The Kier molecular flexibility index (Phi) is 5.65. The molecule has 4 N–H and O–H groups in total. The number of amides is 1. The third kappa shape index (κ3) is 4.31. The van der Waals surface area contributed by atoms with Gasteiger partial charge in [0.05, 0.1) is 29.2 Å². The SMILES string of the molecule is CC1CN(c2ccncc2NC(=O)c2ccc3ccc(N4CC(C)(C)C4)cc3n2)CC(N)C1O. The number of aromatic nitrogens is 2. The van der Waals surface area contributed by atoms with Crippen LogP contribution in [0.2, 0.25) is 0 Å². The normalized spacial score (nSPS) is 24.1. The number of carbonyl (C=O) groups is 1. The minimum Gasteiger partial charge on any atom is -0.391 e. The van der Waals surface area contributed by atoms with E-state index in [1.807, 2.05) is 19.1 Å². The van der Waals surface area contributed by atoms with E-state index in [0.29, 0.717) is 29.9 Å². The average molecular weight is 461 g/mol. The van der Waals surface area contributed by atoms with Crippen molar-refractivity contribution in [2.75, 3.05) is 41.3 Å². The Morgan fingerprint density at radius 2 is 1.91 bits per heavy atom. The molecule has 2 aliphatic heterocycles. The summed E-state index contributed by atoms with van der Waals surface area (Å²) < 4.78 is 0. The molecule has 1 amide bonds. The molecule has 34 heavy (non-hydrogen) atoms. The molecular formula is C26H32N6O2. The number of hydrogen-bond donors (Lipinski definition) is 3. The number of hydrogen-bond acceptors (Lipinski definition) is 7. The lowest BCUT2D eigenvalue weighted by Crippen LogP contribution is -2.55. The molecule has 8 nitrogen and oxygen atoms in total. The minimum atomic E-state index is -0.537. The van der Waals surface area contributed by atoms with E-state index in [2.05, 4.69) is 57.1 Å². The second-order valence-corrected chi connectivity index (χ2v) is 10.5. The zero-order valence-electron chi connectivity index (χ0n) is 19.9. The second kappa shape index (κ2) is 8.52. The summed E-state index contributed by atoms with van der Waals surface area (Å²) in [5, 5.41) is 14.2. The Balaban J connectivity index is 1.37. The number of anilines is 3. The first-order valence-corrected chi connectivity index (χ1v) is 11.8. The van der Waals surface area contributed by atoms with Crippen molar-refractivity contribution in [1.82, 2.24) is 9.97 Å². The Morgan fingerprint density at radius 1 is 1.15 bits per heavy atom. The molecule has 2 aromatic heterocycles. The van der Waals surface area contributed by atoms with Gasteiger partial charge in [0, 0.05) is 55.4 Å². The Labute approximate surface area is 199 Å². The lowest BCUT2D eigenvalue weighted by atomic mass is 9.84. The summed E-state index contributed by atoms with van der Waals surface area (Å²) in [6.45, 7) is 9.67. The van der Waals surface area contributed by atoms with Crippen LogP contribution < -0.4 is 20.9 Å². The van der Waals surface area contributed by atoms with E-state index < -0.39 is 6.10 Å². The zero-order valence-corrected chi connectivity index (χ0v) is 19.9. The van der Waals surface area contributed by atoms with Crippen LogP contribution in [0.5, 0.6) is 0 Å². The number of benzene rings is 1. The molecule has 0 spiro atoms. The Bertz CT molecular complexity index is 1210. The summed E-state index contributed by atoms with van der Waals surface area (Å²) in [6, 6.07) is 11.4. The number of carbonyl (C=O) groups excluding carboxylic acids is 1. The number of aliphatic hydroxyl groups excluding tert-OH is 1. The maximum Gasteiger partial charge on any atom is 0.274 e. The molecule has 8 heteroatoms. The number of aliphatic hydroxyl groups is 1. The molecular weight excluding hydrogens is 428 g/mol. The third-order valence-electron chi connectivity index (χ3n) is 6.86. The molecule has 2 aliphatic rings. The van der Waals surface area contributed by atoms with E-state index >= 15 is 0 Å². The Hall–Kier alpha value is -3.23. The van der Waals surface area contributed by atoms with Gasteiger partial charge in [-0.1, -0.05) is 32.9 Å². The minimum absolute atomic E-state index is 0.0220. The molecule has 3 aromatic rings. The molecule has 2 fully saturated rings. The number of piperidine rings is 1. The molecule has 0 aliphatic carbocycles. The third-order valence-corrected chi connectivity index (χ3v) is 6.86. The van der Waals surface area contributed by atoms with Crippen LogP contribution in [0.4, 0.5) is 17.1 Å². The maximum atomic E-state index is 13.1. The maximum absolute atomic E-state index is 13.1. The van der Waals surface area contributed by atoms with E-state index in [9.17, 15) is 9.90 Å². The predicted octanol–water partition coefficient (Wildman–Crippen LogP) is 2.87. The van der Waals surface area contributed by atoms with Crippen molar-refractivity contribution < 1.29 is 9.90 Å². The molecule has 178 valence electrons. The van der Waals surface area contributed by atoms with Crippen LogP contribution in [-0.2, 0) is 0 Å². The number of nitrogens with one attached hydrogen (secondary N) is 1. The van der Waals surface area contributed by atoms with E-state index in [1.165, 1.54) is 0 Å². The number of nitrogens with two attached hydrogens (primary N) is 1. The monoisotopic (exact) mass is 460 g/mol. The van der Waals surface area contributed by atoms with Crippen LogP contribution in [0.15, 0.2) is 48.8 Å². The number of pyridine rings is 2. The number of rotatable bonds is 4. The molecule has 0 radical (unpaired) electrons. The smallest absolute Gasteiger partial charge is 0.274 e. The van der Waals surface area contributed by atoms with Gasteiger partial charge in [0.25, 0.3) is 5.91 Å². The molecule has 4 heterocycles. The van der Waals surface area contributed by atoms with Crippen molar-refractivity contribution in [3.8, 4) is 0 Å². The van der Waals surface area contributed by atoms with E-state index in [-0.39, 0.29) is 17.9 Å². The summed E-state index contributed by atoms with van der Waals surface area (Å²) in [5.41, 5.74) is 10.2. The quantitative estimate of drug-likeness (QED) is 0.549. The highest BCUT2D eigenvalue weighted by molar-refractivity contribution is 6.05. The molecule has 1 aromatic carbocycles. The van der Waals surface area contributed by atoms with E-state index in [1.54, 1.807) is 18.5 Å². The van der Waals surface area contributed by atoms with Gasteiger partial charge in [0.15, 0.2) is 0 Å². The van der Waals surface area contributed by atoms with Gasteiger partial charge in [-0.15, -0.1) is 0 Å². The van der Waals surface area contributed by atoms with Crippen LogP contribution in [-0.4, -0.2) is 59.3 Å². The predicted molar refractivity (Wildman–Crippen MR) is 135 cm³/mol. The van der Waals surface area contributed by atoms with Crippen LogP contribution in [0, 0.1) is 11.3 Å². The number of nitrogens with zero attached hydrogens (tertiary/aromatic N) is 4. The summed E-state index contributed by atoms with van der Waals surface area (Å²) >= 11 is 0. The highest BCUT2D eigenvalue weighted by Crippen LogP contribution is 2.34. The molecule has 5 rings (SSSR count). The summed E-state index contributed by atoms with van der Waals surface area (Å²) in [7, 11) is 0. The van der Waals surface area contributed by atoms with Crippen molar-refractivity contribution in [1.29, 1.82) is 0 Å². The second-order valence-electron chi connectivity index (χ2n) is 10.5. The fourth-order valence-electron chi connectivity index (χ4n) is 5.06. The molecule has 3 unspecified atom stereocenters. The van der Waals surface area contributed by atoms with E-state index in [0.717, 1.165) is 35.4 Å². The van der Waals surface area contributed by atoms with Crippen LogP contribution >= 0.6 is 0 Å². The van der Waals surface area contributed by atoms with Crippen LogP contribution in [0.1, 0.15) is 31.3 Å². The van der Waals surface area contributed by atoms with Crippen LogP contribution in [0.3, 0.4) is 0 Å².